The molecule has 3 aromatic rings. The highest BCUT2D eigenvalue weighted by Crippen LogP contribution is 2.46. The largest absolute Gasteiger partial charge is 0.493 e. The first-order valence-corrected chi connectivity index (χ1v) is 13.2. The zero-order valence-electron chi connectivity index (χ0n) is 22.4. The highest BCUT2D eigenvalue weighted by Gasteiger charge is 2.44. The highest BCUT2D eigenvalue weighted by molar-refractivity contribution is 6.31. The summed E-state index contributed by atoms with van der Waals surface area (Å²) < 4.78 is 22.0. The molecule has 0 aromatic heterocycles. The summed E-state index contributed by atoms with van der Waals surface area (Å²) in [5.74, 6) is 2.39. The molecule has 1 heterocycles. The maximum atomic E-state index is 13.9. The monoisotopic (exact) mass is 546 g/mol. The SMILES string of the molecule is COc1ccc(/C=C2\CCC[C@@H]3C2=NN(C(=O)c2cccc(Cl)c2)[C@H]3c2ccc(OC)c(OC)c2)cc1OC. The van der Waals surface area contributed by atoms with Gasteiger partial charge in [-0.25, -0.2) is 5.01 Å². The Morgan fingerprint density at radius 3 is 2.28 bits per heavy atom. The second-order valence-electron chi connectivity index (χ2n) is 9.49. The molecule has 7 nitrogen and oxygen atoms in total. The van der Waals surface area contributed by atoms with E-state index in [0.717, 1.165) is 41.7 Å². The van der Waals surface area contributed by atoms with Crippen LogP contribution in [0.4, 0.5) is 0 Å². The lowest BCUT2D eigenvalue weighted by Crippen LogP contribution is -2.32. The van der Waals surface area contributed by atoms with Crippen molar-refractivity contribution < 1.29 is 23.7 Å². The zero-order chi connectivity index (χ0) is 27.5. The van der Waals surface area contributed by atoms with E-state index in [1.807, 2.05) is 36.4 Å². The number of allylic oxidation sites excluding steroid dienone is 1. The van der Waals surface area contributed by atoms with Crippen molar-refractivity contribution in [2.45, 2.75) is 25.3 Å². The molecule has 0 N–H and O–H groups in total. The molecule has 0 bridgehead atoms. The van der Waals surface area contributed by atoms with Crippen LogP contribution >= 0.6 is 11.6 Å². The number of ether oxygens (including phenoxy) is 4. The zero-order valence-corrected chi connectivity index (χ0v) is 23.2. The maximum Gasteiger partial charge on any atom is 0.274 e. The quantitative estimate of drug-likeness (QED) is 0.325. The molecule has 39 heavy (non-hydrogen) atoms. The molecule has 1 fully saturated rings. The van der Waals surface area contributed by atoms with Gasteiger partial charge in [0.25, 0.3) is 5.91 Å². The van der Waals surface area contributed by atoms with Gasteiger partial charge >= 0.3 is 0 Å². The van der Waals surface area contributed by atoms with Gasteiger partial charge in [0.15, 0.2) is 23.0 Å². The molecule has 1 aliphatic heterocycles. The predicted octanol–water partition coefficient (Wildman–Crippen LogP) is 6.81. The number of benzene rings is 3. The van der Waals surface area contributed by atoms with Crippen LogP contribution in [0.25, 0.3) is 6.08 Å². The van der Waals surface area contributed by atoms with Crippen LogP contribution in [0.3, 0.4) is 0 Å². The minimum atomic E-state index is -0.305. The molecule has 8 heteroatoms. The number of carbonyl (C=O) groups excluding carboxylic acids is 1. The van der Waals surface area contributed by atoms with Gasteiger partial charge in [0.1, 0.15) is 0 Å². The lowest BCUT2D eigenvalue weighted by molar-refractivity contribution is 0.0680. The molecule has 0 radical (unpaired) electrons. The van der Waals surface area contributed by atoms with Crippen molar-refractivity contribution in [3.8, 4) is 23.0 Å². The summed E-state index contributed by atoms with van der Waals surface area (Å²) in [4.78, 5) is 13.9. The third-order valence-electron chi connectivity index (χ3n) is 7.28. The number of hydrogen-bond acceptors (Lipinski definition) is 6. The average Bonchev–Trinajstić information content (AvgIpc) is 3.37. The number of nitrogens with zero attached hydrogens (tertiary/aromatic N) is 2. The van der Waals surface area contributed by atoms with E-state index in [4.69, 9.17) is 35.6 Å². The molecule has 1 amide bonds. The van der Waals surface area contributed by atoms with Crippen molar-refractivity contribution in [1.82, 2.24) is 5.01 Å². The van der Waals surface area contributed by atoms with Crippen LogP contribution in [0.15, 0.2) is 71.3 Å². The maximum absolute atomic E-state index is 13.9. The third-order valence-corrected chi connectivity index (χ3v) is 7.51. The first-order valence-electron chi connectivity index (χ1n) is 12.8. The topological polar surface area (TPSA) is 69.6 Å². The Labute approximate surface area is 233 Å². The van der Waals surface area contributed by atoms with Crippen molar-refractivity contribution >= 4 is 29.3 Å². The summed E-state index contributed by atoms with van der Waals surface area (Å²) in [5, 5.41) is 7.10. The van der Waals surface area contributed by atoms with E-state index in [1.54, 1.807) is 57.7 Å². The van der Waals surface area contributed by atoms with Crippen LogP contribution in [-0.4, -0.2) is 45.1 Å². The van der Waals surface area contributed by atoms with Gasteiger partial charge in [-0.3, -0.25) is 4.79 Å². The second-order valence-corrected chi connectivity index (χ2v) is 9.92. The van der Waals surface area contributed by atoms with Gasteiger partial charge in [-0.05, 0) is 84.5 Å². The lowest BCUT2D eigenvalue weighted by Gasteiger charge is -2.30. The van der Waals surface area contributed by atoms with Gasteiger partial charge in [-0.2, -0.15) is 5.10 Å². The number of methoxy groups -OCH3 is 4. The molecule has 2 aliphatic rings. The fraction of sp³-hybridized carbons (Fsp3) is 0.290. The van der Waals surface area contributed by atoms with Gasteiger partial charge in [0.2, 0.25) is 0 Å². The number of fused-ring (bicyclic) bond motifs is 1. The Bertz CT molecular complexity index is 1450. The number of halogens is 1. The number of carbonyl (C=O) groups is 1. The number of hydrazone groups is 1. The molecule has 2 atom stereocenters. The van der Waals surface area contributed by atoms with Crippen molar-refractivity contribution in [3.63, 3.8) is 0 Å². The van der Waals surface area contributed by atoms with Gasteiger partial charge in [-0.1, -0.05) is 29.8 Å². The Hall–Kier alpha value is -3.97. The van der Waals surface area contributed by atoms with E-state index in [0.29, 0.717) is 33.6 Å². The van der Waals surface area contributed by atoms with Crippen LogP contribution < -0.4 is 18.9 Å². The summed E-state index contributed by atoms with van der Waals surface area (Å²) in [6.07, 6.45) is 4.87. The smallest absolute Gasteiger partial charge is 0.274 e. The summed E-state index contributed by atoms with van der Waals surface area (Å²) in [6, 6.07) is 18.3. The normalized spacial score (nSPS) is 19.4. The Kier molecular flexibility index (Phi) is 7.79. The van der Waals surface area contributed by atoms with Crippen LogP contribution in [0.2, 0.25) is 5.02 Å². The first kappa shape index (κ1) is 26.6. The summed E-state index contributed by atoms with van der Waals surface area (Å²) >= 11 is 6.24. The number of hydrogen-bond donors (Lipinski definition) is 0. The molecule has 0 spiro atoms. The van der Waals surface area contributed by atoms with E-state index in [1.165, 1.54) is 0 Å². The van der Waals surface area contributed by atoms with Gasteiger partial charge < -0.3 is 18.9 Å². The van der Waals surface area contributed by atoms with Gasteiger partial charge in [0, 0.05) is 16.5 Å². The number of rotatable bonds is 7. The predicted molar refractivity (Wildman–Crippen MR) is 152 cm³/mol. The van der Waals surface area contributed by atoms with Crippen LogP contribution in [-0.2, 0) is 0 Å². The average molecular weight is 547 g/mol. The van der Waals surface area contributed by atoms with Crippen molar-refractivity contribution in [2.75, 3.05) is 28.4 Å². The van der Waals surface area contributed by atoms with E-state index >= 15 is 0 Å². The fourth-order valence-electron chi connectivity index (χ4n) is 5.44. The molecule has 0 unspecified atom stereocenters. The minimum Gasteiger partial charge on any atom is -0.493 e. The summed E-state index contributed by atoms with van der Waals surface area (Å²) in [6.45, 7) is 0. The van der Waals surface area contributed by atoms with Gasteiger partial charge in [0.05, 0.1) is 40.2 Å². The van der Waals surface area contributed by atoms with E-state index < -0.39 is 0 Å². The van der Waals surface area contributed by atoms with Crippen LogP contribution in [0, 0.1) is 5.92 Å². The molecule has 202 valence electrons. The molecule has 1 aliphatic carbocycles. The Morgan fingerprint density at radius 2 is 1.59 bits per heavy atom. The summed E-state index contributed by atoms with van der Waals surface area (Å²) in [5.41, 5.74) is 4.42. The van der Waals surface area contributed by atoms with Crippen LogP contribution in [0.1, 0.15) is 46.8 Å². The lowest BCUT2D eigenvalue weighted by atomic mass is 9.77. The van der Waals surface area contributed by atoms with Crippen molar-refractivity contribution in [3.05, 3.63) is 87.9 Å². The van der Waals surface area contributed by atoms with E-state index in [2.05, 4.69) is 6.08 Å². The molecule has 0 saturated heterocycles. The molecular formula is C31H31ClN2O5. The molecular weight excluding hydrogens is 516 g/mol. The van der Waals surface area contributed by atoms with Crippen molar-refractivity contribution in [2.24, 2.45) is 11.0 Å². The number of amides is 1. The van der Waals surface area contributed by atoms with Gasteiger partial charge in [-0.15, -0.1) is 0 Å². The minimum absolute atomic E-state index is 0.0198. The third kappa shape index (κ3) is 5.19. The van der Waals surface area contributed by atoms with E-state index in [-0.39, 0.29) is 17.9 Å². The highest BCUT2D eigenvalue weighted by atomic mass is 35.5. The molecule has 5 rings (SSSR count). The van der Waals surface area contributed by atoms with Crippen LogP contribution in [0.5, 0.6) is 23.0 Å². The Balaban J connectivity index is 1.59. The van der Waals surface area contributed by atoms with E-state index in [9.17, 15) is 4.79 Å². The first-order chi connectivity index (χ1) is 19.0. The molecule has 1 saturated carbocycles. The standard InChI is InChI=1S/C31H31ClN2O5/c1-36-25-13-11-19(16-27(25)38-3)15-20-7-6-10-24-29(20)33-34(31(35)22-8-5-9-23(32)17-22)30(24)21-12-14-26(37-2)28(18-21)39-4/h5,8-9,11-18,24,30H,6-7,10H2,1-4H3/b20-15+/t24-,30+/m1/s1. The second kappa shape index (κ2) is 11.4. The molecule has 3 aromatic carbocycles. The van der Waals surface area contributed by atoms with Crippen molar-refractivity contribution in [1.29, 1.82) is 0 Å². The fourth-order valence-corrected chi connectivity index (χ4v) is 5.63. The Morgan fingerprint density at radius 1 is 0.897 bits per heavy atom. The summed E-state index contributed by atoms with van der Waals surface area (Å²) in [7, 11) is 6.46.